The standard InChI is InChI=1S/C30H48O8/c1-23(31)37-25(10-3-2-5-16-33-28-12-4-6-17-34-28)13-14-26-27(11-8-18-32-26)38-29-15-7-9-24(29)21-30(22-29)35-19-20-36-30/h13-14,24-28H,2-12,15-22H2,1H3/t24-,25?,26-,27-,28?,29+/m1/s1. The molecule has 0 aromatic rings. The Balaban J connectivity index is 1.11. The SMILES string of the molecule is CC(=O)OC(C=C[C@H]1OCCC[C@H]1O[C@]12CCC[C@@H]1CC1(C2)OCCO1)CCCCCOC1CCCCO1. The molecule has 2 saturated carbocycles. The molecular formula is C30H48O8. The quantitative estimate of drug-likeness (QED) is 0.191. The van der Waals surface area contributed by atoms with E-state index in [0.717, 1.165) is 83.8 Å². The van der Waals surface area contributed by atoms with Crippen LogP contribution in [0.15, 0.2) is 12.2 Å². The van der Waals surface area contributed by atoms with E-state index in [2.05, 4.69) is 6.08 Å². The predicted octanol–water partition coefficient (Wildman–Crippen LogP) is 5.22. The zero-order valence-electron chi connectivity index (χ0n) is 23.2. The van der Waals surface area contributed by atoms with E-state index in [-0.39, 0.29) is 36.2 Å². The van der Waals surface area contributed by atoms with E-state index in [4.69, 9.17) is 33.2 Å². The normalized spacial score (nSPS) is 35.6. The Morgan fingerprint density at radius 2 is 1.84 bits per heavy atom. The van der Waals surface area contributed by atoms with Crippen molar-refractivity contribution in [2.75, 3.05) is 33.0 Å². The van der Waals surface area contributed by atoms with Crippen LogP contribution in [0.5, 0.6) is 0 Å². The van der Waals surface area contributed by atoms with Gasteiger partial charge in [-0.2, -0.15) is 0 Å². The monoisotopic (exact) mass is 536 g/mol. The fourth-order valence-corrected chi connectivity index (χ4v) is 7.16. The first-order valence-corrected chi connectivity index (χ1v) is 15.2. The highest BCUT2D eigenvalue weighted by Crippen LogP contribution is 2.57. The summed E-state index contributed by atoms with van der Waals surface area (Å²) in [5.41, 5.74) is -0.179. The highest BCUT2D eigenvalue weighted by atomic mass is 16.7. The molecule has 0 aromatic carbocycles. The molecule has 3 aliphatic heterocycles. The molecule has 38 heavy (non-hydrogen) atoms. The molecule has 3 heterocycles. The molecular weight excluding hydrogens is 488 g/mol. The van der Waals surface area contributed by atoms with Crippen LogP contribution < -0.4 is 0 Å². The second kappa shape index (κ2) is 13.6. The molecule has 6 atom stereocenters. The highest BCUT2D eigenvalue weighted by molar-refractivity contribution is 5.66. The Morgan fingerprint density at radius 1 is 0.974 bits per heavy atom. The lowest BCUT2D eigenvalue weighted by atomic mass is 9.93. The highest BCUT2D eigenvalue weighted by Gasteiger charge is 2.61. The van der Waals surface area contributed by atoms with Crippen LogP contribution in [0.2, 0.25) is 0 Å². The topological polar surface area (TPSA) is 81.7 Å². The average molecular weight is 537 g/mol. The minimum atomic E-state index is -0.444. The molecule has 0 amide bonds. The summed E-state index contributed by atoms with van der Waals surface area (Å²) in [5, 5.41) is 0. The number of rotatable bonds is 12. The summed E-state index contributed by atoms with van der Waals surface area (Å²) >= 11 is 0. The third-order valence-electron chi connectivity index (χ3n) is 8.94. The molecule has 5 aliphatic rings. The molecule has 5 rings (SSSR count). The van der Waals surface area contributed by atoms with Gasteiger partial charge in [0.1, 0.15) is 12.2 Å². The summed E-state index contributed by atoms with van der Waals surface area (Å²) in [6, 6.07) is 0. The van der Waals surface area contributed by atoms with Gasteiger partial charge in [-0.15, -0.1) is 0 Å². The van der Waals surface area contributed by atoms with Crippen molar-refractivity contribution >= 4 is 5.97 Å². The van der Waals surface area contributed by atoms with Gasteiger partial charge in [-0.05, 0) is 76.2 Å². The molecule has 0 aromatic heterocycles. The molecule has 0 N–H and O–H groups in total. The van der Waals surface area contributed by atoms with Gasteiger partial charge in [-0.1, -0.05) is 18.9 Å². The molecule has 0 radical (unpaired) electrons. The van der Waals surface area contributed by atoms with Crippen molar-refractivity contribution < 1.29 is 38.0 Å². The molecule has 2 unspecified atom stereocenters. The minimum Gasteiger partial charge on any atom is -0.458 e. The molecule has 3 saturated heterocycles. The summed E-state index contributed by atoms with van der Waals surface area (Å²) in [6.07, 6.45) is 17.9. The van der Waals surface area contributed by atoms with Crippen LogP contribution in [0.1, 0.15) is 96.8 Å². The smallest absolute Gasteiger partial charge is 0.303 e. The van der Waals surface area contributed by atoms with Crippen molar-refractivity contribution in [3.05, 3.63) is 12.2 Å². The molecule has 1 spiro atoms. The molecule has 5 fully saturated rings. The Labute approximate surface area is 228 Å². The van der Waals surface area contributed by atoms with E-state index < -0.39 is 5.79 Å². The third kappa shape index (κ3) is 7.38. The maximum atomic E-state index is 11.8. The number of unbranched alkanes of at least 4 members (excludes halogenated alkanes) is 2. The van der Waals surface area contributed by atoms with E-state index in [1.165, 1.54) is 26.2 Å². The summed E-state index contributed by atoms with van der Waals surface area (Å²) in [4.78, 5) is 11.8. The first kappa shape index (κ1) is 28.5. The lowest BCUT2D eigenvalue weighted by Gasteiger charge is -2.39. The first-order chi connectivity index (χ1) is 18.6. The predicted molar refractivity (Wildman–Crippen MR) is 140 cm³/mol. The molecule has 0 bridgehead atoms. The van der Waals surface area contributed by atoms with Gasteiger partial charge in [0.25, 0.3) is 0 Å². The second-order valence-electron chi connectivity index (χ2n) is 11.8. The zero-order valence-corrected chi connectivity index (χ0v) is 23.2. The maximum absolute atomic E-state index is 11.8. The van der Waals surface area contributed by atoms with Crippen molar-refractivity contribution in [3.63, 3.8) is 0 Å². The van der Waals surface area contributed by atoms with Crippen molar-refractivity contribution in [1.29, 1.82) is 0 Å². The van der Waals surface area contributed by atoms with Crippen LogP contribution in [0.25, 0.3) is 0 Å². The van der Waals surface area contributed by atoms with E-state index in [0.29, 0.717) is 25.7 Å². The van der Waals surface area contributed by atoms with Crippen LogP contribution in [-0.2, 0) is 38.0 Å². The Bertz CT molecular complexity index is 774. The van der Waals surface area contributed by atoms with Gasteiger partial charge in [0.2, 0.25) is 0 Å². The summed E-state index contributed by atoms with van der Waals surface area (Å²) in [5.74, 6) is -0.217. The van der Waals surface area contributed by atoms with Crippen molar-refractivity contribution in [3.8, 4) is 0 Å². The summed E-state index contributed by atoms with van der Waals surface area (Å²) in [6.45, 7) is 5.09. The van der Waals surface area contributed by atoms with E-state index in [1.807, 2.05) is 6.08 Å². The van der Waals surface area contributed by atoms with E-state index >= 15 is 0 Å². The number of hydrogen-bond donors (Lipinski definition) is 0. The van der Waals surface area contributed by atoms with Gasteiger partial charge in [-0.25, -0.2) is 0 Å². The van der Waals surface area contributed by atoms with Crippen molar-refractivity contribution in [1.82, 2.24) is 0 Å². The number of carbonyl (C=O) groups excluding carboxylic acids is 1. The fourth-order valence-electron chi connectivity index (χ4n) is 7.16. The van der Waals surface area contributed by atoms with Crippen LogP contribution in [-0.4, -0.2) is 75.0 Å². The van der Waals surface area contributed by atoms with Gasteiger partial charge < -0.3 is 33.2 Å². The Morgan fingerprint density at radius 3 is 2.66 bits per heavy atom. The number of fused-ring (bicyclic) bond motifs is 1. The van der Waals surface area contributed by atoms with Gasteiger partial charge in [0.15, 0.2) is 12.1 Å². The molecule has 8 nitrogen and oxygen atoms in total. The van der Waals surface area contributed by atoms with Gasteiger partial charge >= 0.3 is 5.97 Å². The fraction of sp³-hybridized carbons (Fsp3) is 0.900. The number of carbonyl (C=O) groups is 1. The average Bonchev–Trinajstić information content (AvgIpc) is 3.60. The Hall–Kier alpha value is -1.03. The second-order valence-corrected chi connectivity index (χ2v) is 11.8. The van der Waals surface area contributed by atoms with Crippen LogP contribution in [0.4, 0.5) is 0 Å². The number of hydrogen-bond acceptors (Lipinski definition) is 8. The summed E-state index contributed by atoms with van der Waals surface area (Å²) in [7, 11) is 0. The van der Waals surface area contributed by atoms with Crippen LogP contribution in [0, 0.1) is 5.92 Å². The molecule has 216 valence electrons. The summed E-state index contributed by atoms with van der Waals surface area (Å²) < 4.78 is 42.4. The molecule has 2 aliphatic carbocycles. The zero-order chi connectivity index (χ0) is 26.3. The van der Waals surface area contributed by atoms with Gasteiger partial charge in [-0.3, -0.25) is 4.79 Å². The van der Waals surface area contributed by atoms with Crippen LogP contribution >= 0.6 is 0 Å². The van der Waals surface area contributed by atoms with Crippen molar-refractivity contribution in [2.24, 2.45) is 5.92 Å². The molecule has 8 heteroatoms. The number of esters is 1. The van der Waals surface area contributed by atoms with Gasteiger partial charge in [0, 0.05) is 39.6 Å². The van der Waals surface area contributed by atoms with E-state index in [1.54, 1.807) is 0 Å². The lowest BCUT2D eigenvalue weighted by Crippen LogP contribution is -2.45. The minimum absolute atomic E-state index is 0.00529. The first-order valence-electron chi connectivity index (χ1n) is 15.2. The van der Waals surface area contributed by atoms with Crippen molar-refractivity contribution in [2.45, 2.75) is 133 Å². The van der Waals surface area contributed by atoms with Gasteiger partial charge in [0.05, 0.1) is 24.9 Å². The number of ether oxygens (including phenoxy) is 7. The van der Waals surface area contributed by atoms with E-state index in [9.17, 15) is 4.79 Å². The maximum Gasteiger partial charge on any atom is 0.303 e. The lowest BCUT2D eigenvalue weighted by molar-refractivity contribution is -0.193. The van der Waals surface area contributed by atoms with Crippen LogP contribution in [0.3, 0.4) is 0 Å². The third-order valence-corrected chi connectivity index (χ3v) is 8.94. The Kier molecular flexibility index (Phi) is 10.2. The largest absolute Gasteiger partial charge is 0.458 e.